The molecule has 15 heavy (non-hydrogen) atoms. The van der Waals surface area contributed by atoms with Gasteiger partial charge in [-0.05, 0) is 11.8 Å². The van der Waals surface area contributed by atoms with E-state index >= 15 is 0 Å². The Bertz CT molecular complexity index is 217. The molecule has 0 heterocycles. The van der Waals surface area contributed by atoms with Crippen molar-refractivity contribution < 1.29 is 9.59 Å². The van der Waals surface area contributed by atoms with Gasteiger partial charge < -0.3 is 11.1 Å². The first kappa shape index (κ1) is 14.1. The lowest BCUT2D eigenvalue weighted by atomic mass is 9.98. The van der Waals surface area contributed by atoms with Crippen LogP contribution in [0.25, 0.3) is 0 Å². The van der Waals surface area contributed by atoms with E-state index in [4.69, 9.17) is 5.73 Å². The van der Waals surface area contributed by atoms with E-state index in [1.165, 1.54) is 0 Å². The molecule has 0 bridgehead atoms. The smallest absolute Gasteiger partial charge is 0.237 e. The number of hydrogen-bond donors (Lipinski definition) is 2. The lowest BCUT2D eigenvalue weighted by Crippen LogP contribution is -2.50. The quantitative estimate of drug-likeness (QED) is 0.679. The van der Waals surface area contributed by atoms with Crippen LogP contribution >= 0.6 is 0 Å². The van der Waals surface area contributed by atoms with Crippen molar-refractivity contribution in [3.8, 4) is 0 Å². The molecule has 0 aliphatic heterocycles. The van der Waals surface area contributed by atoms with E-state index in [0.29, 0.717) is 0 Å². The van der Waals surface area contributed by atoms with Crippen LogP contribution in [0.1, 0.15) is 34.1 Å². The second-order valence-electron chi connectivity index (χ2n) is 4.26. The first-order valence-electron chi connectivity index (χ1n) is 5.37. The molecule has 0 aromatic heterocycles. The molecule has 0 fully saturated rings. The van der Waals surface area contributed by atoms with Crippen molar-refractivity contribution in [2.45, 2.75) is 46.2 Å². The third-order valence-corrected chi connectivity index (χ3v) is 2.66. The highest BCUT2D eigenvalue weighted by Gasteiger charge is 2.23. The largest absolute Gasteiger partial charge is 0.344 e. The second-order valence-corrected chi connectivity index (χ2v) is 4.26. The standard InChI is InChI=1S/C11H21N2O2/c1-5-8(4)9(6-14)13-11(15)10(12)7(2)3/h7-10H,5,12H2,1-4H3,(H,13,15)/t8-,9+,10-/m0/s1. The van der Waals surface area contributed by atoms with Crippen LogP contribution in [0, 0.1) is 11.8 Å². The monoisotopic (exact) mass is 213 g/mol. The van der Waals surface area contributed by atoms with Crippen molar-refractivity contribution in [3.63, 3.8) is 0 Å². The van der Waals surface area contributed by atoms with E-state index in [9.17, 15) is 9.59 Å². The van der Waals surface area contributed by atoms with Crippen LogP contribution in [-0.4, -0.2) is 24.3 Å². The Morgan fingerprint density at radius 1 is 1.40 bits per heavy atom. The minimum Gasteiger partial charge on any atom is -0.344 e. The van der Waals surface area contributed by atoms with E-state index in [2.05, 4.69) is 5.32 Å². The fourth-order valence-corrected chi connectivity index (χ4v) is 1.08. The van der Waals surface area contributed by atoms with Gasteiger partial charge in [0.15, 0.2) is 0 Å². The lowest BCUT2D eigenvalue weighted by molar-refractivity contribution is -0.123. The molecule has 0 saturated heterocycles. The summed E-state index contributed by atoms with van der Waals surface area (Å²) in [5, 5.41) is 2.61. The van der Waals surface area contributed by atoms with Gasteiger partial charge in [-0.1, -0.05) is 34.1 Å². The molecule has 4 heteroatoms. The molecule has 0 unspecified atom stereocenters. The molecule has 1 amide bonds. The molecular formula is C11H21N2O2. The van der Waals surface area contributed by atoms with Crippen molar-refractivity contribution in [2.75, 3.05) is 0 Å². The van der Waals surface area contributed by atoms with E-state index in [1.54, 1.807) is 0 Å². The van der Waals surface area contributed by atoms with Gasteiger partial charge in [-0.15, -0.1) is 0 Å². The van der Waals surface area contributed by atoms with Crippen LogP contribution in [0.15, 0.2) is 0 Å². The number of amides is 1. The Morgan fingerprint density at radius 3 is 2.27 bits per heavy atom. The van der Waals surface area contributed by atoms with Gasteiger partial charge in [0.1, 0.15) is 0 Å². The van der Waals surface area contributed by atoms with E-state index < -0.39 is 12.1 Å². The van der Waals surface area contributed by atoms with Gasteiger partial charge in [0.25, 0.3) is 0 Å². The molecule has 0 rings (SSSR count). The van der Waals surface area contributed by atoms with Crippen LogP contribution in [-0.2, 0) is 9.59 Å². The third kappa shape index (κ3) is 4.42. The molecule has 0 spiro atoms. The van der Waals surface area contributed by atoms with Crippen molar-refractivity contribution in [1.82, 2.24) is 5.32 Å². The Kier molecular flexibility index (Phi) is 6.17. The highest BCUT2D eigenvalue weighted by molar-refractivity contribution is 5.84. The number of carbonyl (C=O) groups is 1. The van der Waals surface area contributed by atoms with Crippen LogP contribution in [0.3, 0.4) is 0 Å². The molecule has 0 aromatic rings. The number of hydrogen-bond acceptors (Lipinski definition) is 3. The average Bonchev–Trinajstić information content (AvgIpc) is 2.22. The van der Waals surface area contributed by atoms with E-state index in [0.717, 1.165) is 6.42 Å². The van der Waals surface area contributed by atoms with Gasteiger partial charge in [0.2, 0.25) is 12.2 Å². The van der Waals surface area contributed by atoms with Gasteiger partial charge in [-0.2, -0.15) is 0 Å². The fourth-order valence-electron chi connectivity index (χ4n) is 1.08. The van der Waals surface area contributed by atoms with Gasteiger partial charge >= 0.3 is 0 Å². The minimum absolute atomic E-state index is 0.0641. The Morgan fingerprint density at radius 2 is 1.93 bits per heavy atom. The summed E-state index contributed by atoms with van der Waals surface area (Å²) in [6, 6.07) is -1.11. The summed E-state index contributed by atoms with van der Waals surface area (Å²) < 4.78 is 0. The Hall–Kier alpha value is -0.900. The predicted molar refractivity (Wildman–Crippen MR) is 59.9 cm³/mol. The number of nitrogens with one attached hydrogen (secondary N) is 1. The fraction of sp³-hybridized carbons (Fsp3) is 0.818. The molecule has 87 valence electrons. The molecule has 0 aliphatic rings. The first-order valence-corrected chi connectivity index (χ1v) is 5.37. The molecule has 0 saturated carbocycles. The molecule has 3 N–H and O–H groups in total. The molecule has 4 nitrogen and oxygen atoms in total. The number of nitrogens with two attached hydrogens (primary N) is 1. The van der Waals surface area contributed by atoms with Crippen LogP contribution < -0.4 is 11.1 Å². The van der Waals surface area contributed by atoms with Crippen molar-refractivity contribution in [1.29, 1.82) is 0 Å². The maximum Gasteiger partial charge on any atom is 0.237 e. The zero-order valence-corrected chi connectivity index (χ0v) is 9.91. The predicted octanol–water partition coefficient (Wildman–Crippen LogP) is 0.610. The summed E-state index contributed by atoms with van der Waals surface area (Å²) in [4.78, 5) is 22.2. The van der Waals surface area contributed by atoms with E-state index in [-0.39, 0.29) is 17.7 Å². The summed E-state index contributed by atoms with van der Waals surface area (Å²) in [5.74, 6) is -0.126. The van der Waals surface area contributed by atoms with Gasteiger partial charge in [0.05, 0.1) is 12.1 Å². The summed E-state index contributed by atoms with van der Waals surface area (Å²) in [7, 11) is 0. The number of carbonyl (C=O) groups excluding carboxylic acids is 2. The van der Waals surface area contributed by atoms with Gasteiger partial charge in [-0.3, -0.25) is 9.59 Å². The third-order valence-electron chi connectivity index (χ3n) is 2.66. The first-order chi connectivity index (χ1) is 6.93. The highest BCUT2D eigenvalue weighted by atomic mass is 16.2. The maximum absolute atomic E-state index is 11.6. The molecular weight excluding hydrogens is 192 g/mol. The second kappa shape index (κ2) is 6.56. The van der Waals surface area contributed by atoms with Crippen molar-refractivity contribution in [2.24, 2.45) is 17.6 Å². The molecule has 3 atom stereocenters. The van der Waals surface area contributed by atoms with Crippen molar-refractivity contribution >= 4 is 12.2 Å². The summed E-state index contributed by atoms with van der Waals surface area (Å²) >= 11 is 0. The Balaban J connectivity index is 4.30. The van der Waals surface area contributed by atoms with E-state index in [1.807, 2.05) is 34.0 Å². The van der Waals surface area contributed by atoms with Crippen LogP contribution in [0.4, 0.5) is 0 Å². The molecule has 0 aromatic carbocycles. The number of rotatable bonds is 6. The zero-order valence-electron chi connectivity index (χ0n) is 9.91. The SMILES string of the molecule is CC[C@H](C)[C@@H]([C]=O)NC(=O)[C@@H](N)C(C)C. The van der Waals surface area contributed by atoms with Gasteiger partial charge in [-0.25, -0.2) is 0 Å². The maximum atomic E-state index is 11.6. The Labute approximate surface area is 91.6 Å². The zero-order chi connectivity index (χ0) is 12.0. The van der Waals surface area contributed by atoms with Crippen molar-refractivity contribution in [3.05, 3.63) is 0 Å². The summed E-state index contributed by atoms with van der Waals surface area (Å²) in [5.41, 5.74) is 5.66. The molecule has 1 radical (unpaired) electrons. The van der Waals surface area contributed by atoms with Crippen LogP contribution in [0.2, 0.25) is 0 Å². The van der Waals surface area contributed by atoms with Gasteiger partial charge in [0, 0.05) is 0 Å². The molecule has 0 aliphatic carbocycles. The minimum atomic E-state index is -0.565. The normalized spacial score (nSPS) is 16.9. The summed E-state index contributed by atoms with van der Waals surface area (Å²) in [6.45, 7) is 7.60. The van der Waals surface area contributed by atoms with Crippen LogP contribution in [0.5, 0.6) is 0 Å². The average molecular weight is 213 g/mol. The lowest BCUT2D eigenvalue weighted by Gasteiger charge is -2.21. The topological polar surface area (TPSA) is 72.2 Å². The summed E-state index contributed by atoms with van der Waals surface area (Å²) in [6.07, 6.45) is 2.66. The highest BCUT2D eigenvalue weighted by Crippen LogP contribution is 2.06.